The van der Waals surface area contributed by atoms with Gasteiger partial charge in [-0.3, -0.25) is 4.79 Å². The van der Waals surface area contributed by atoms with Gasteiger partial charge in [0.15, 0.2) is 0 Å². The number of hydrogen-bond donors (Lipinski definition) is 0. The Bertz CT molecular complexity index is 526. The number of benzene rings is 1. The van der Waals surface area contributed by atoms with Crippen molar-refractivity contribution in [3.63, 3.8) is 0 Å². The quantitative estimate of drug-likeness (QED) is 0.777. The first-order valence-corrected chi connectivity index (χ1v) is 6.69. The van der Waals surface area contributed by atoms with Crippen molar-refractivity contribution in [1.82, 2.24) is 4.90 Å². The lowest BCUT2D eigenvalue weighted by Gasteiger charge is -2.20. The van der Waals surface area contributed by atoms with Gasteiger partial charge in [-0.15, -0.1) is 6.42 Å². The third-order valence-corrected chi connectivity index (χ3v) is 3.42. The van der Waals surface area contributed by atoms with Crippen LogP contribution < -0.4 is 0 Å². The maximum absolute atomic E-state index is 13.7. The normalized spacial score (nSPS) is 14.0. The minimum absolute atomic E-state index is 0.0598. The van der Waals surface area contributed by atoms with E-state index in [4.69, 9.17) is 6.42 Å². The van der Waals surface area contributed by atoms with Crippen molar-refractivity contribution < 1.29 is 13.6 Å². The molecule has 2 nitrogen and oxygen atoms in total. The van der Waals surface area contributed by atoms with E-state index in [9.17, 15) is 13.6 Å². The van der Waals surface area contributed by atoms with Crippen molar-refractivity contribution in [2.45, 2.75) is 12.8 Å². The molecule has 1 aromatic carbocycles. The van der Waals surface area contributed by atoms with Crippen molar-refractivity contribution in [1.29, 1.82) is 0 Å². The highest BCUT2D eigenvalue weighted by Gasteiger charge is 2.29. The Morgan fingerprint density at radius 2 is 2.00 bits per heavy atom. The molecule has 5 heteroatoms. The molecule has 0 radical (unpaired) electrons. The van der Waals surface area contributed by atoms with Crippen LogP contribution in [0.1, 0.15) is 23.2 Å². The van der Waals surface area contributed by atoms with Gasteiger partial charge in [0.25, 0.3) is 5.91 Å². The van der Waals surface area contributed by atoms with Crippen LogP contribution in [0.2, 0.25) is 0 Å². The van der Waals surface area contributed by atoms with Gasteiger partial charge >= 0.3 is 0 Å². The average Bonchev–Trinajstić information content (AvgIpc) is 3.10. The lowest BCUT2D eigenvalue weighted by Crippen LogP contribution is -2.34. The molecule has 0 saturated heterocycles. The zero-order valence-electron chi connectivity index (χ0n) is 10.1. The Kier molecular flexibility index (Phi) is 4.20. The minimum Gasteiger partial charge on any atom is -0.327 e. The SMILES string of the molecule is C#CCN(CC1CC1)C(=O)c1c(F)cc(Br)cc1F. The van der Waals surface area contributed by atoms with Crippen molar-refractivity contribution in [2.24, 2.45) is 5.92 Å². The van der Waals surface area contributed by atoms with Crippen LogP contribution in [0, 0.1) is 29.9 Å². The molecule has 0 aromatic heterocycles. The van der Waals surface area contributed by atoms with Crippen molar-refractivity contribution >= 4 is 21.8 Å². The van der Waals surface area contributed by atoms with Gasteiger partial charge in [-0.05, 0) is 30.9 Å². The Morgan fingerprint density at radius 1 is 1.42 bits per heavy atom. The topological polar surface area (TPSA) is 20.3 Å². The Morgan fingerprint density at radius 3 is 2.47 bits per heavy atom. The summed E-state index contributed by atoms with van der Waals surface area (Å²) in [7, 11) is 0. The highest BCUT2D eigenvalue weighted by molar-refractivity contribution is 9.10. The van der Waals surface area contributed by atoms with E-state index in [2.05, 4.69) is 21.9 Å². The molecule has 0 unspecified atom stereocenters. The molecule has 0 heterocycles. The third-order valence-electron chi connectivity index (χ3n) is 2.97. The van der Waals surface area contributed by atoms with Gasteiger partial charge in [0.2, 0.25) is 0 Å². The molecule has 1 aliphatic carbocycles. The summed E-state index contributed by atoms with van der Waals surface area (Å²) in [5, 5.41) is 0. The fourth-order valence-corrected chi connectivity index (χ4v) is 2.25. The van der Waals surface area contributed by atoms with Gasteiger partial charge in [-0.2, -0.15) is 0 Å². The third kappa shape index (κ3) is 3.32. The van der Waals surface area contributed by atoms with E-state index in [0.29, 0.717) is 12.5 Å². The molecule has 1 saturated carbocycles. The van der Waals surface area contributed by atoms with Crippen molar-refractivity contribution in [3.8, 4) is 12.3 Å². The molecule has 1 aliphatic rings. The van der Waals surface area contributed by atoms with Crippen LogP contribution in [0.5, 0.6) is 0 Å². The van der Waals surface area contributed by atoms with Crippen LogP contribution in [0.4, 0.5) is 8.78 Å². The number of amides is 1. The largest absolute Gasteiger partial charge is 0.327 e. The van der Waals surface area contributed by atoms with E-state index in [1.54, 1.807) is 0 Å². The molecule has 100 valence electrons. The number of halogens is 3. The first-order chi connectivity index (χ1) is 9.02. The summed E-state index contributed by atoms with van der Waals surface area (Å²) in [5.74, 6) is 0.307. The first kappa shape index (κ1) is 14.0. The second kappa shape index (κ2) is 5.70. The minimum atomic E-state index is -0.880. The van der Waals surface area contributed by atoms with Crippen LogP contribution in [-0.2, 0) is 0 Å². The molecule has 0 atom stereocenters. The number of hydrogen-bond acceptors (Lipinski definition) is 1. The van der Waals surface area contributed by atoms with Gasteiger partial charge in [-0.1, -0.05) is 21.9 Å². The molecule has 1 amide bonds. The smallest absolute Gasteiger partial charge is 0.260 e. The van der Waals surface area contributed by atoms with E-state index in [0.717, 1.165) is 25.0 Å². The molecule has 19 heavy (non-hydrogen) atoms. The van der Waals surface area contributed by atoms with Gasteiger partial charge in [0, 0.05) is 11.0 Å². The summed E-state index contributed by atoms with van der Waals surface area (Å²) in [4.78, 5) is 13.5. The lowest BCUT2D eigenvalue weighted by molar-refractivity contribution is 0.0760. The van der Waals surface area contributed by atoms with Crippen LogP contribution in [-0.4, -0.2) is 23.9 Å². The molecular weight excluding hydrogens is 316 g/mol. The summed E-state index contributed by atoms with van der Waals surface area (Å²) in [5.41, 5.74) is -0.542. The summed E-state index contributed by atoms with van der Waals surface area (Å²) in [6, 6.07) is 2.14. The van der Waals surface area contributed by atoms with Crippen LogP contribution in [0.15, 0.2) is 16.6 Å². The maximum atomic E-state index is 13.7. The second-order valence-corrected chi connectivity index (χ2v) is 5.49. The number of rotatable bonds is 4. The average molecular weight is 328 g/mol. The van der Waals surface area contributed by atoms with E-state index in [-0.39, 0.29) is 11.0 Å². The number of carbonyl (C=O) groups excluding carboxylic acids is 1. The highest BCUT2D eigenvalue weighted by Crippen LogP contribution is 2.30. The molecule has 0 spiro atoms. The summed E-state index contributed by atoms with van der Waals surface area (Å²) in [6.45, 7) is 0.516. The van der Waals surface area contributed by atoms with Gasteiger partial charge in [0.1, 0.15) is 17.2 Å². The highest BCUT2D eigenvalue weighted by atomic mass is 79.9. The standard InChI is InChI=1S/C14H12BrF2NO/c1-2-5-18(8-9-3-4-9)14(19)13-11(16)6-10(15)7-12(13)17/h1,6-7,9H,3-5,8H2. The van der Waals surface area contributed by atoms with E-state index < -0.39 is 23.1 Å². The van der Waals surface area contributed by atoms with Crippen LogP contribution in [0.3, 0.4) is 0 Å². The number of nitrogens with zero attached hydrogens (tertiary/aromatic N) is 1. The Labute approximate surface area is 118 Å². The van der Waals surface area contributed by atoms with E-state index >= 15 is 0 Å². The predicted octanol–water partition coefficient (Wildman–Crippen LogP) is 3.21. The van der Waals surface area contributed by atoms with Crippen LogP contribution in [0.25, 0.3) is 0 Å². The van der Waals surface area contributed by atoms with Crippen molar-refractivity contribution in [3.05, 3.63) is 33.8 Å². The monoisotopic (exact) mass is 327 g/mol. The number of carbonyl (C=O) groups is 1. The summed E-state index contributed by atoms with van der Waals surface area (Å²) < 4.78 is 27.7. The number of terminal acetylenes is 1. The second-order valence-electron chi connectivity index (χ2n) is 4.58. The summed E-state index contributed by atoms with van der Waals surface area (Å²) >= 11 is 2.98. The van der Waals surface area contributed by atoms with Crippen molar-refractivity contribution in [2.75, 3.05) is 13.1 Å². The molecule has 1 aromatic rings. The maximum Gasteiger partial charge on any atom is 0.260 e. The zero-order valence-corrected chi connectivity index (χ0v) is 11.7. The lowest BCUT2D eigenvalue weighted by atomic mass is 10.1. The molecule has 1 fully saturated rings. The molecule has 0 N–H and O–H groups in total. The molecular formula is C14H12BrF2NO. The predicted molar refractivity (Wildman–Crippen MR) is 71.5 cm³/mol. The van der Waals surface area contributed by atoms with Crippen LogP contribution >= 0.6 is 15.9 Å². The Balaban J connectivity index is 2.28. The molecule has 2 rings (SSSR count). The van der Waals surface area contributed by atoms with Gasteiger partial charge < -0.3 is 4.90 Å². The summed E-state index contributed by atoms with van der Waals surface area (Å²) in [6.07, 6.45) is 7.26. The zero-order chi connectivity index (χ0) is 14.0. The van der Waals surface area contributed by atoms with Gasteiger partial charge in [-0.25, -0.2) is 8.78 Å². The Hall–Kier alpha value is -1.41. The fraction of sp³-hybridized carbons (Fsp3) is 0.357. The van der Waals surface area contributed by atoms with E-state index in [1.807, 2.05) is 0 Å². The van der Waals surface area contributed by atoms with E-state index in [1.165, 1.54) is 4.90 Å². The molecule has 0 aliphatic heterocycles. The van der Waals surface area contributed by atoms with Gasteiger partial charge in [0.05, 0.1) is 6.54 Å². The first-order valence-electron chi connectivity index (χ1n) is 5.90. The fourth-order valence-electron chi connectivity index (χ4n) is 1.85. The molecule has 0 bridgehead atoms.